The average molecular weight is 359 g/mol. The highest BCUT2D eigenvalue weighted by atomic mass is 79.9. The third kappa shape index (κ3) is 2.11. The normalized spacial score (nSPS) is 11.3. The van der Waals surface area contributed by atoms with E-state index in [0.29, 0.717) is 9.76 Å². The summed E-state index contributed by atoms with van der Waals surface area (Å²) in [6, 6.07) is 15.8. The van der Waals surface area contributed by atoms with Gasteiger partial charge in [0, 0.05) is 27.6 Å². The van der Waals surface area contributed by atoms with Crippen LogP contribution in [0.15, 0.2) is 59.5 Å². The average Bonchev–Trinajstić information content (AvgIpc) is 2.86. The molecule has 2 aromatic heterocycles. The smallest absolute Gasteiger partial charge is 0.200 e. The molecule has 0 aliphatic carbocycles. The molecule has 2 heterocycles. The van der Waals surface area contributed by atoms with Crippen LogP contribution in [-0.2, 0) is 0 Å². The lowest BCUT2D eigenvalue weighted by Crippen LogP contribution is -1.98. The minimum Gasteiger partial charge on any atom is -0.284 e. The minimum atomic E-state index is 0.573. The molecule has 0 bridgehead atoms. The summed E-state index contributed by atoms with van der Waals surface area (Å²) >= 11 is 9.37. The van der Waals surface area contributed by atoms with Gasteiger partial charge in [0.1, 0.15) is 11.5 Å². The van der Waals surface area contributed by atoms with Crippen LogP contribution in [0.4, 0.5) is 0 Å². The monoisotopic (exact) mass is 357 g/mol. The van der Waals surface area contributed by atoms with Crippen molar-refractivity contribution in [2.24, 2.45) is 0 Å². The quantitative estimate of drug-likeness (QED) is 0.481. The minimum absolute atomic E-state index is 0.573. The Balaban J connectivity index is 2.10. The number of fused-ring (bicyclic) bond motifs is 3. The molecule has 3 nitrogen and oxygen atoms in total. The molecule has 0 saturated carbocycles. The van der Waals surface area contributed by atoms with Gasteiger partial charge in [-0.05, 0) is 40.2 Å². The van der Waals surface area contributed by atoms with Gasteiger partial charge < -0.3 is 0 Å². The Hall–Kier alpha value is -1.91. The summed E-state index contributed by atoms with van der Waals surface area (Å²) in [5.74, 6) is 0.833. The number of benzene rings is 2. The molecule has 2 aromatic carbocycles. The van der Waals surface area contributed by atoms with Crippen molar-refractivity contribution < 1.29 is 0 Å². The largest absolute Gasteiger partial charge is 0.284 e. The molecule has 0 aliphatic rings. The summed E-state index contributed by atoms with van der Waals surface area (Å²) in [6.07, 6.45) is 2.06. The molecule has 0 N–H and O–H groups in total. The lowest BCUT2D eigenvalue weighted by Gasteiger charge is -2.06. The molecule has 4 aromatic rings. The van der Waals surface area contributed by atoms with Gasteiger partial charge in [0.05, 0.1) is 0 Å². The van der Waals surface area contributed by atoms with E-state index in [2.05, 4.69) is 44.2 Å². The van der Waals surface area contributed by atoms with Crippen LogP contribution in [0.25, 0.3) is 27.8 Å². The van der Waals surface area contributed by atoms with Crippen LogP contribution < -0.4 is 0 Å². The molecule has 0 radical (unpaired) electrons. The number of halogens is 2. The summed E-state index contributed by atoms with van der Waals surface area (Å²) < 4.78 is 2.59. The van der Waals surface area contributed by atoms with E-state index in [-0.39, 0.29) is 0 Å². The number of nitrogens with zero attached hydrogens (tertiary/aromatic N) is 3. The highest BCUT2D eigenvalue weighted by Gasteiger charge is 2.12. The van der Waals surface area contributed by atoms with E-state index in [1.807, 2.05) is 40.8 Å². The van der Waals surface area contributed by atoms with Crippen molar-refractivity contribution in [1.29, 1.82) is 0 Å². The first-order chi connectivity index (χ1) is 10.2. The molecule has 0 unspecified atom stereocenters. The predicted molar refractivity (Wildman–Crippen MR) is 88.6 cm³/mol. The standard InChI is InChI=1S/C16H9BrClN3/c17-16-19-14(10-5-7-12(18)8-6-10)21-9-11-3-1-2-4-13(11)15(21)20-16/h1-9H. The molecule has 0 aliphatic heterocycles. The van der Waals surface area contributed by atoms with Crippen molar-refractivity contribution in [2.45, 2.75) is 0 Å². The molecule has 0 spiro atoms. The molecule has 5 heteroatoms. The maximum atomic E-state index is 5.96. The molecular weight excluding hydrogens is 350 g/mol. The van der Waals surface area contributed by atoms with E-state index < -0.39 is 0 Å². The summed E-state index contributed by atoms with van der Waals surface area (Å²) in [6.45, 7) is 0. The zero-order valence-electron chi connectivity index (χ0n) is 10.8. The zero-order valence-corrected chi connectivity index (χ0v) is 13.1. The Bertz CT molecular complexity index is 961. The molecule has 0 amide bonds. The van der Waals surface area contributed by atoms with Crippen molar-refractivity contribution >= 4 is 44.0 Å². The van der Waals surface area contributed by atoms with Gasteiger partial charge in [-0.2, -0.15) is 0 Å². The molecule has 0 fully saturated rings. The third-order valence-electron chi connectivity index (χ3n) is 3.42. The van der Waals surface area contributed by atoms with Crippen LogP contribution in [0.5, 0.6) is 0 Å². The topological polar surface area (TPSA) is 30.2 Å². The van der Waals surface area contributed by atoms with E-state index in [9.17, 15) is 0 Å². The van der Waals surface area contributed by atoms with Crippen LogP contribution in [0.3, 0.4) is 0 Å². The van der Waals surface area contributed by atoms with Crippen LogP contribution in [0.1, 0.15) is 0 Å². The van der Waals surface area contributed by atoms with Gasteiger partial charge in [0.15, 0.2) is 0 Å². The number of hydrogen-bond donors (Lipinski definition) is 0. The highest BCUT2D eigenvalue weighted by Crippen LogP contribution is 2.27. The van der Waals surface area contributed by atoms with Gasteiger partial charge in [-0.15, -0.1) is 0 Å². The van der Waals surface area contributed by atoms with Gasteiger partial charge in [-0.25, -0.2) is 9.97 Å². The van der Waals surface area contributed by atoms with E-state index >= 15 is 0 Å². The first-order valence-electron chi connectivity index (χ1n) is 6.42. The van der Waals surface area contributed by atoms with Gasteiger partial charge in [-0.3, -0.25) is 4.40 Å². The van der Waals surface area contributed by atoms with Crippen molar-refractivity contribution in [1.82, 2.24) is 14.4 Å². The fourth-order valence-electron chi connectivity index (χ4n) is 2.48. The van der Waals surface area contributed by atoms with Crippen LogP contribution in [0, 0.1) is 0 Å². The molecular formula is C16H9BrClN3. The third-order valence-corrected chi connectivity index (χ3v) is 4.03. The Morgan fingerprint density at radius 1 is 0.952 bits per heavy atom. The van der Waals surface area contributed by atoms with Crippen LogP contribution >= 0.6 is 27.5 Å². The summed E-state index contributed by atoms with van der Waals surface area (Å²) in [5, 5.41) is 2.96. The lowest BCUT2D eigenvalue weighted by atomic mass is 10.2. The van der Waals surface area contributed by atoms with Crippen LogP contribution in [0.2, 0.25) is 5.02 Å². The van der Waals surface area contributed by atoms with Crippen molar-refractivity contribution in [3.05, 3.63) is 64.5 Å². The maximum Gasteiger partial charge on any atom is 0.200 e. The molecule has 0 atom stereocenters. The fraction of sp³-hybridized carbons (Fsp3) is 0. The second kappa shape index (κ2) is 4.83. The predicted octanol–water partition coefficient (Wildman–Crippen LogP) is 4.97. The molecule has 4 rings (SSSR count). The second-order valence-corrected chi connectivity index (χ2v) is 5.88. The van der Waals surface area contributed by atoms with E-state index in [4.69, 9.17) is 11.6 Å². The Labute approximate surface area is 134 Å². The molecule has 102 valence electrons. The maximum absolute atomic E-state index is 5.96. The van der Waals surface area contributed by atoms with Gasteiger partial charge >= 0.3 is 0 Å². The van der Waals surface area contributed by atoms with Gasteiger partial charge in [0.2, 0.25) is 4.73 Å². The van der Waals surface area contributed by atoms with Gasteiger partial charge in [0.25, 0.3) is 0 Å². The highest BCUT2D eigenvalue weighted by molar-refractivity contribution is 9.10. The fourth-order valence-corrected chi connectivity index (χ4v) is 2.94. The van der Waals surface area contributed by atoms with E-state index in [1.165, 1.54) is 0 Å². The summed E-state index contributed by atoms with van der Waals surface area (Å²) in [7, 11) is 0. The van der Waals surface area contributed by atoms with E-state index in [1.54, 1.807) is 0 Å². The molecule has 0 saturated heterocycles. The zero-order chi connectivity index (χ0) is 14.4. The van der Waals surface area contributed by atoms with Crippen molar-refractivity contribution in [3.8, 4) is 11.4 Å². The number of rotatable bonds is 1. The Morgan fingerprint density at radius 3 is 2.52 bits per heavy atom. The Morgan fingerprint density at radius 2 is 1.71 bits per heavy atom. The first kappa shape index (κ1) is 12.8. The first-order valence-corrected chi connectivity index (χ1v) is 7.59. The van der Waals surface area contributed by atoms with Crippen molar-refractivity contribution in [3.63, 3.8) is 0 Å². The lowest BCUT2D eigenvalue weighted by molar-refractivity contribution is 1.01. The Kier molecular flexibility index (Phi) is 2.94. The van der Waals surface area contributed by atoms with Crippen molar-refractivity contribution in [2.75, 3.05) is 0 Å². The van der Waals surface area contributed by atoms with Crippen LogP contribution in [-0.4, -0.2) is 14.4 Å². The van der Waals surface area contributed by atoms with Gasteiger partial charge in [-0.1, -0.05) is 35.9 Å². The summed E-state index contributed by atoms with van der Waals surface area (Å²) in [5.41, 5.74) is 1.88. The molecule has 21 heavy (non-hydrogen) atoms. The second-order valence-electron chi connectivity index (χ2n) is 4.73. The SMILES string of the molecule is Clc1ccc(-c2nc(Br)nc3c4ccccc4cn23)cc1. The number of hydrogen-bond acceptors (Lipinski definition) is 2. The summed E-state index contributed by atoms with van der Waals surface area (Å²) in [4.78, 5) is 9.03. The van der Waals surface area contributed by atoms with E-state index in [0.717, 1.165) is 27.8 Å². The number of aromatic nitrogens is 3.